The van der Waals surface area contributed by atoms with E-state index in [9.17, 15) is 9.59 Å². The van der Waals surface area contributed by atoms with Gasteiger partial charge in [0.25, 0.3) is 0 Å². The van der Waals surface area contributed by atoms with Gasteiger partial charge in [-0.25, -0.2) is 4.79 Å². The van der Waals surface area contributed by atoms with E-state index in [4.69, 9.17) is 14.2 Å². The van der Waals surface area contributed by atoms with E-state index >= 15 is 0 Å². The maximum Gasteiger partial charge on any atom is 0.331 e. The Morgan fingerprint density at radius 3 is 3.00 bits per heavy atom. The van der Waals surface area contributed by atoms with Crippen LogP contribution >= 0.6 is 0 Å². The minimum Gasteiger partial charge on any atom is -0.455 e. The van der Waals surface area contributed by atoms with Crippen molar-refractivity contribution < 1.29 is 23.8 Å². The number of hydrogen-bond acceptors (Lipinski definition) is 5. The lowest BCUT2D eigenvalue weighted by Crippen LogP contribution is -2.40. The molecule has 0 bridgehead atoms. The molecule has 0 spiro atoms. The summed E-state index contributed by atoms with van der Waals surface area (Å²) in [5, 5.41) is 0. The van der Waals surface area contributed by atoms with Crippen LogP contribution in [0, 0.1) is 0 Å². The molecule has 86 valence electrons. The van der Waals surface area contributed by atoms with E-state index in [0.717, 1.165) is 0 Å². The topological polar surface area (TPSA) is 61.8 Å². The first-order chi connectivity index (χ1) is 7.61. The summed E-state index contributed by atoms with van der Waals surface area (Å²) in [6.07, 6.45) is 2.43. The van der Waals surface area contributed by atoms with Crippen molar-refractivity contribution in [2.24, 2.45) is 0 Å². The quantitative estimate of drug-likeness (QED) is 0.500. The van der Waals surface area contributed by atoms with Crippen molar-refractivity contribution in [2.45, 2.75) is 31.3 Å². The Morgan fingerprint density at radius 2 is 2.38 bits per heavy atom. The van der Waals surface area contributed by atoms with E-state index in [0.29, 0.717) is 0 Å². The fourth-order valence-corrected chi connectivity index (χ4v) is 1.86. The van der Waals surface area contributed by atoms with Gasteiger partial charge in [-0.15, -0.1) is 6.58 Å². The van der Waals surface area contributed by atoms with Crippen LogP contribution in [-0.2, 0) is 23.8 Å². The molecule has 5 heteroatoms. The van der Waals surface area contributed by atoms with Gasteiger partial charge in [0.05, 0.1) is 0 Å². The first kappa shape index (κ1) is 10.9. The Labute approximate surface area is 92.7 Å². The van der Waals surface area contributed by atoms with Gasteiger partial charge in [0, 0.05) is 13.0 Å². The van der Waals surface area contributed by atoms with Crippen molar-refractivity contribution >= 4 is 11.9 Å². The molecule has 0 aliphatic carbocycles. The fourth-order valence-electron chi connectivity index (χ4n) is 1.86. The highest BCUT2D eigenvalue weighted by Crippen LogP contribution is 2.30. The predicted molar refractivity (Wildman–Crippen MR) is 53.4 cm³/mol. The summed E-state index contributed by atoms with van der Waals surface area (Å²) >= 11 is 0. The van der Waals surface area contributed by atoms with Gasteiger partial charge >= 0.3 is 11.9 Å². The van der Waals surface area contributed by atoms with Crippen LogP contribution in [-0.4, -0.2) is 36.4 Å². The highest BCUT2D eigenvalue weighted by Gasteiger charge is 2.48. The minimum atomic E-state index is -0.617. The molecular formula is C11H12O5. The second-order valence-corrected chi connectivity index (χ2v) is 3.64. The Bertz CT molecular complexity index is 359. The second kappa shape index (κ2) is 4.09. The van der Waals surface area contributed by atoms with E-state index in [-0.39, 0.29) is 6.10 Å². The SMILES string of the molecule is C=C[C@H]1O[C@H]2C=CC(=O)O[C@H]2[C@H]1OC(C)=O. The van der Waals surface area contributed by atoms with Crippen molar-refractivity contribution in [1.82, 2.24) is 0 Å². The molecule has 2 aliphatic rings. The third kappa shape index (κ3) is 1.86. The summed E-state index contributed by atoms with van der Waals surface area (Å²) in [5.74, 6) is -0.890. The van der Waals surface area contributed by atoms with Gasteiger partial charge < -0.3 is 14.2 Å². The lowest BCUT2D eigenvalue weighted by Gasteiger charge is -2.23. The van der Waals surface area contributed by atoms with Crippen LogP contribution in [0.25, 0.3) is 0 Å². The molecule has 2 heterocycles. The molecule has 0 saturated carbocycles. The molecule has 5 nitrogen and oxygen atoms in total. The van der Waals surface area contributed by atoms with Gasteiger partial charge in [0.1, 0.15) is 12.2 Å². The van der Waals surface area contributed by atoms with Crippen molar-refractivity contribution in [2.75, 3.05) is 0 Å². The van der Waals surface area contributed by atoms with E-state index < -0.39 is 30.3 Å². The standard InChI is InChI=1S/C11H12O5/c1-3-7-10(14-6(2)12)11-8(15-7)4-5-9(13)16-11/h3-5,7-8,10-11H,1H2,2H3/t7-,8+,10+,11-/m1/s1. The first-order valence-electron chi connectivity index (χ1n) is 4.96. The summed E-state index contributed by atoms with van der Waals surface area (Å²) in [5.41, 5.74) is 0. The number of carbonyl (C=O) groups is 2. The van der Waals surface area contributed by atoms with Crippen LogP contribution < -0.4 is 0 Å². The average molecular weight is 224 g/mol. The van der Waals surface area contributed by atoms with Gasteiger partial charge in [-0.2, -0.15) is 0 Å². The smallest absolute Gasteiger partial charge is 0.331 e. The summed E-state index contributed by atoms with van der Waals surface area (Å²) in [4.78, 5) is 22.0. The van der Waals surface area contributed by atoms with Crippen LogP contribution in [0.5, 0.6) is 0 Å². The van der Waals surface area contributed by atoms with Gasteiger partial charge in [0.2, 0.25) is 0 Å². The Balaban J connectivity index is 2.19. The molecular weight excluding hydrogens is 212 g/mol. The van der Waals surface area contributed by atoms with E-state index in [2.05, 4.69) is 6.58 Å². The zero-order valence-electron chi connectivity index (χ0n) is 8.79. The Hall–Kier alpha value is -1.62. The first-order valence-corrected chi connectivity index (χ1v) is 4.96. The lowest BCUT2D eigenvalue weighted by atomic mass is 10.1. The van der Waals surface area contributed by atoms with Crippen molar-refractivity contribution in [3.8, 4) is 0 Å². The second-order valence-electron chi connectivity index (χ2n) is 3.64. The van der Waals surface area contributed by atoms with Crippen molar-refractivity contribution in [3.63, 3.8) is 0 Å². The van der Waals surface area contributed by atoms with Crippen LogP contribution in [0.2, 0.25) is 0 Å². The molecule has 16 heavy (non-hydrogen) atoms. The van der Waals surface area contributed by atoms with Crippen LogP contribution in [0.1, 0.15) is 6.92 Å². The molecule has 0 amide bonds. The third-order valence-electron chi connectivity index (χ3n) is 2.49. The van der Waals surface area contributed by atoms with Crippen molar-refractivity contribution in [1.29, 1.82) is 0 Å². The predicted octanol–water partition coefficient (Wildman–Crippen LogP) is 0.353. The molecule has 0 radical (unpaired) electrons. The van der Waals surface area contributed by atoms with Crippen LogP contribution in [0.15, 0.2) is 24.8 Å². The van der Waals surface area contributed by atoms with Gasteiger partial charge in [-0.05, 0) is 6.08 Å². The molecule has 1 fully saturated rings. The maximum atomic E-state index is 11.1. The normalized spacial score (nSPS) is 36.4. The molecule has 1 saturated heterocycles. The molecule has 0 aromatic carbocycles. The third-order valence-corrected chi connectivity index (χ3v) is 2.49. The highest BCUT2D eigenvalue weighted by atomic mass is 16.6. The number of hydrogen-bond donors (Lipinski definition) is 0. The monoisotopic (exact) mass is 224 g/mol. The van der Waals surface area contributed by atoms with Crippen molar-refractivity contribution in [3.05, 3.63) is 24.8 Å². The van der Waals surface area contributed by atoms with E-state index in [1.165, 1.54) is 19.1 Å². The van der Waals surface area contributed by atoms with Gasteiger partial charge in [-0.1, -0.05) is 6.08 Å². The maximum absolute atomic E-state index is 11.1. The molecule has 4 atom stereocenters. The van der Waals surface area contributed by atoms with Crippen LogP contribution in [0.3, 0.4) is 0 Å². The minimum absolute atomic E-state index is 0.370. The molecule has 2 aliphatic heterocycles. The largest absolute Gasteiger partial charge is 0.455 e. The molecule has 0 aromatic rings. The fraction of sp³-hybridized carbons (Fsp3) is 0.455. The summed E-state index contributed by atoms with van der Waals surface area (Å²) < 4.78 is 15.7. The van der Waals surface area contributed by atoms with Crippen LogP contribution in [0.4, 0.5) is 0 Å². The molecule has 0 aromatic heterocycles. The summed E-state index contributed by atoms with van der Waals surface area (Å²) in [7, 11) is 0. The van der Waals surface area contributed by atoms with Gasteiger partial charge in [-0.3, -0.25) is 4.79 Å². The molecule has 2 rings (SSSR count). The zero-order valence-corrected chi connectivity index (χ0v) is 8.79. The molecule has 0 unspecified atom stereocenters. The number of carbonyl (C=O) groups excluding carboxylic acids is 2. The Morgan fingerprint density at radius 1 is 1.62 bits per heavy atom. The van der Waals surface area contributed by atoms with E-state index in [1.807, 2.05) is 0 Å². The number of ether oxygens (including phenoxy) is 3. The van der Waals surface area contributed by atoms with Gasteiger partial charge in [0.15, 0.2) is 12.2 Å². The summed E-state index contributed by atoms with van der Waals surface area (Å²) in [6.45, 7) is 4.90. The zero-order chi connectivity index (χ0) is 11.7. The number of rotatable bonds is 2. The van der Waals surface area contributed by atoms with E-state index in [1.54, 1.807) is 6.08 Å². The number of fused-ring (bicyclic) bond motifs is 1. The lowest BCUT2D eigenvalue weighted by molar-refractivity contribution is -0.162. The average Bonchev–Trinajstić information content (AvgIpc) is 2.56. The molecule has 0 N–H and O–H groups in total. The highest BCUT2D eigenvalue weighted by molar-refractivity contribution is 5.83. The number of esters is 2. The summed E-state index contributed by atoms with van der Waals surface area (Å²) in [6, 6.07) is 0. The Kier molecular flexibility index (Phi) is 2.78.